The second-order valence-electron chi connectivity index (χ2n) is 4.31. The van der Waals surface area contributed by atoms with Crippen LogP contribution in [0, 0.1) is 5.82 Å². The summed E-state index contributed by atoms with van der Waals surface area (Å²) < 4.78 is 13.0. The van der Waals surface area contributed by atoms with E-state index in [4.69, 9.17) is 11.6 Å². The summed E-state index contributed by atoms with van der Waals surface area (Å²) in [4.78, 5) is 10.2. The highest BCUT2D eigenvalue weighted by Crippen LogP contribution is 2.26. The first-order valence-corrected chi connectivity index (χ1v) is 5.45. The molecule has 1 aromatic rings. The van der Waals surface area contributed by atoms with Gasteiger partial charge < -0.3 is 10.1 Å². The summed E-state index contributed by atoms with van der Waals surface area (Å²) in [7, 11) is 0. The van der Waals surface area contributed by atoms with Crippen molar-refractivity contribution in [2.24, 2.45) is 0 Å². The lowest BCUT2D eigenvalue weighted by Gasteiger charge is -2.25. The summed E-state index contributed by atoms with van der Waals surface area (Å²) in [5.41, 5.74) is 0.748. The first-order valence-electron chi connectivity index (χ1n) is 5.07. The van der Waals surface area contributed by atoms with Crippen LogP contribution in [0.15, 0.2) is 18.2 Å². The highest BCUT2D eigenvalue weighted by atomic mass is 35.5. The molecule has 0 bridgehead atoms. The van der Waals surface area contributed by atoms with Gasteiger partial charge in [0.15, 0.2) is 0 Å². The zero-order chi connectivity index (χ0) is 12.2. The molecule has 0 saturated carbocycles. The molecule has 0 saturated heterocycles. The van der Waals surface area contributed by atoms with E-state index in [-0.39, 0.29) is 10.4 Å². The molecule has 88 valence electrons. The molecule has 4 heteroatoms. The Balaban J connectivity index is 2.80. The van der Waals surface area contributed by atoms with Gasteiger partial charge in [-0.25, -0.2) is 4.39 Å². The normalized spacial score (nSPS) is 11.5. The maximum absolute atomic E-state index is 13.0. The Morgan fingerprint density at radius 2 is 2.19 bits per heavy atom. The Bertz CT molecular complexity index is 379. The Hall–Kier alpha value is -0.930. The molecule has 0 aliphatic heterocycles. The molecule has 1 rings (SSSR count). The second kappa shape index (κ2) is 5.41. The van der Waals surface area contributed by atoms with Crippen LogP contribution in [0.25, 0.3) is 0 Å². The van der Waals surface area contributed by atoms with E-state index in [1.807, 2.05) is 13.8 Å². The average molecular weight is 244 g/mol. The fourth-order valence-corrected chi connectivity index (χ4v) is 1.64. The van der Waals surface area contributed by atoms with E-state index in [9.17, 15) is 9.18 Å². The van der Waals surface area contributed by atoms with Crippen molar-refractivity contribution in [2.45, 2.75) is 19.3 Å². The lowest BCUT2D eigenvalue weighted by atomic mass is 9.84. The summed E-state index contributed by atoms with van der Waals surface area (Å²) >= 11 is 5.73. The van der Waals surface area contributed by atoms with Crippen LogP contribution in [0.2, 0.25) is 5.02 Å². The standard InChI is InChI=1S/C12H15ClFNO/c1-12(2,8-15-5-6-16)9-3-4-11(14)10(13)7-9/h3-4,6-7,15H,5,8H2,1-2H3. The molecule has 0 unspecified atom stereocenters. The molecule has 0 spiro atoms. The third-order valence-corrected chi connectivity index (χ3v) is 2.79. The SMILES string of the molecule is CC(C)(CNCC=O)c1ccc(F)c(Cl)c1. The molecule has 0 radical (unpaired) electrons. The summed E-state index contributed by atoms with van der Waals surface area (Å²) in [5.74, 6) is -0.415. The minimum Gasteiger partial charge on any atom is -0.309 e. The Kier molecular flexibility index (Phi) is 4.44. The predicted octanol–water partition coefficient (Wildman–Crippen LogP) is 2.55. The zero-order valence-corrected chi connectivity index (χ0v) is 10.1. The number of halogens is 2. The van der Waals surface area contributed by atoms with Crippen molar-refractivity contribution in [3.63, 3.8) is 0 Å². The number of aldehydes is 1. The summed E-state index contributed by atoms with van der Waals surface area (Å²) in [6.45, 7) is 4.97. The predicted molar refractivity (Wildman–Crippen MR) is 63.4 cm³/mol. The minimum atomic E-state index is -0.415. The number of carbonyl (C=O) groups is 1. The van der Waals surface area contributed by atoms with Crippen molar-refractivity contribution < 1.29 is 9.18 Å². The van der Waals surface area contributed by atoms with Crippen LogP contribution in [-0.4, -0.2) is 19.4 Å². The van der Waals surface area contributed by atoms with Gasteiger partial charge in [0.2, 0.25) is 0 Å². The van der Waals surface area contributed by atoms with Gasteiger partial charge in [-0.05, 0) is 17.7 Å². The minimum absolute atomic E-state index is 0.126. The largest absolute Gasteiger partial charge is 0.309 e. The second-order valence-corrected chi connectivity index (χ2v) is 4.72. The summed E-state index contributed by atoms with van der Waals surface area (Å²) in [6.07, 6.45) is 0.813. The molecule has 0 aromatic heterocycles. The summed E-state index contributed by atoms with van der Waals surface area (Å²) in [6, 6.07) is 4.70. The number of rotatable bonds is 5. The van der Waals surface area contributed by atoms with Gasteiger partial charge in [0.25, 0.3) is 0 Å². The number of nitrogens with one attached hydrogen (secondary N) is 1. The molecule has 0 heterocycles. The van der Waals surface area contributed by atoms with Crippen molar-refractivity contribution in [3.05, 3.63) is 34.6 Å². The maximum Gasteiger partial charge on any atom is 0.141 e. The van der Waals surface area contributed by atoms with E-state index >= 15 is 0 Å². The Morgan fingerprint density at radius 3 is 2.75 bits per heavy atom. The number of benzene rings is 1. The molecule has 1 N–H and O–H groups in total. The molecule has 0 amide bonds. The molecular formula is C12H15ClFNO. The molecule has 0 aliphatic carbocycles. The summed E-state index contributed by atoms with van der Waals surface area (Å²) in [5, 5.41) is 3.13. The van der Waals surface area contributed by atoms with Gasteiger partial charge in [-0.3, -0.25) is 0 Å². The van der Waals surface area contributed by atoms with E-state index in [1.54, 1.807) is 12.1 Å². The maximum atomic E-state index is 13.0. The van der Waals surface area contributed by atoms with Crippen LogP contribution in [-0.2, 0) is 10.2 Å². The van der Waals surface area contributed by atoms with Crippen molar-refractivity contribution in [1.82, 2.24) is 5.32 Å². The highest BCUT2D eigenvalue weighted by Gasteiger charge is 2.20. The molecule has 2 nitrogen and oxygen atoms in total. The van der Waals surface area contributed by atoms with E-state index in [1.165, 1.54) is 6.07 Å². The van der Waals surface area contributed by atoms with E-state index in [2.05, 4.69) is 5.32 Å². The van der Waals surface area contributed by atoms with E-state index in [0.717, 1.165) is 11.8 Å². The average Bonchev–Trinajstić information content (AvgIpc) is 2.22. The van der Waals surface area contributed by atoms with Gasteiger partial charge in [0.1, 0.15) is 12.1 Å². The fraction of sp³-hybridized carbons (Fsp3) is 0.417. The monoisotopic (exact) mass is 243 g/mol. The highest BCUT2D eigenvalue weighted by molar-refractivity contribution is 6.30. The first kappa shape index (κ1) is 13.1. The van der Waals surface area contributed by atoms with Crippen molar-refractivity contribution in [3.8, 4) is 0 Å². The van der Waals surface area contributed by atoms with E-state index < -0.39 is 5.82 Å². The van der Waals surface area contributed by atoms with Crippen LogP contribution in [0.5, 0.6) is 0 Å². The lowest BCUT2D eigenvalue weighted by Crippen LogP contribution is -2.33. The van der Waals surface area contributed by atoms with Gasteiger partial charge in [-0.15, -0.1) is 0 Å². The van der Waals surface area contributed by atoms with Gasteiger partial charge >= 0.3 is 0 Å². The Labute approximate surface area is 99.8 Å². The van der Waals surface area contributed by atoms with Gasteiger partial charge in [0, 0.05) is 12.0 Å². The molecule has 0 fully saturated rings. The van der Waals surface area contributed by atoms with Gasteiger partial charge in [-0.1, -0.05) is 31.5 Å². The van der Waals surface area contributed by atoms with Gasteiger partial charge in [0.05, 0.1) is 11.6 Å². The molecule has 0 aliphatic rings. The van der Waals surface area contributed by atoms with Crippen molar-refractivity contribution in [2.75, 3.05) is 13.1 Å². The van der Waals surface area contributed by atoms with Crippen molar-refractivity contribution in [1.29, 1.82) is 0 Å². The molecule has 16 heavy (non-hydrogen) atoms. The quantitative estimate of drug-likeness (QED) is 0.636. The molecule has 1 aromatic carbocycles. The number of hydrogen-bond donors (Lipinski definition) is 1. The number of hydrogen-bond acceptors (Lipinski definition) is 2. The van der Waals surface area contributed by atoms with E-state index in [0.29, 0.717) is 13.1 Å². The topological polar surface area (TPSA) is 29.1 Å². The Morgan fingerprint density at radius 1 is 1.50 bits per heavy atom. The van der Waals surface area contributed by atoms with Crippen LogP contribution >= 0.6 is 11.6 Å². The smallest absolute Gasteiger partial charge is 0.141 e. The van der Waals surface area contributed by atoms with Crippen LogP contribution in [0.4, 0.5) is 4.39 Å². The van der Waals surface area contributed by atoms with Crippen LogP contribution < -0.4 is 5.32 Å². The third kappa shape index (κ3) is 3.29. The van der Waals surface area contributed by atoms with Crippen molar-refractivity contribution >= 4 is 17.9 Å². The van der Waals surface area contributed by atoms with Crippen LogP contribution in [0.3, 0.4) is 0 Å². The third-order valence-electron chi connectivity index (χ3n) is 2.50. The zero-order valence-electron chi connectivity index (χ0n) is 9.39. The fourth-order valence-electron chi connectivity index (χ4n) is 1.46. The lowest BCUT2D eigenvalue weighted by molar-refractivity contribution is -0.107. The molecular weight excluding hydrogens is 229 g/mol. The molecule has 0 atom stereocenters. The van der Waals surface area contributed by atoms with Gasteiger partial charge in [-0.2, -0.15) is 0 Å². The van der Waals surface area contributed by atoms with Crippen LogP contribution in [0.1, 0.15) is 19.4 Å². The number of carbonyl (C=O) groups excluding carboxylic acids is 1. The first-order chi connectivity index (χ1) is 7.47.